The summed E-state index contributed by atoms with van der Waals surface area (Å²) in [5.41, 5.74) is 0.212. The van der Waals surface area contributed by atoms with Crippen LogP contribution in [0.1, 0.15) is 154 Å². The third-order valence-corrected chi connectivity index (χ3v) is 16.4. The Morgan fingerprint density at radius 3 is 2.17 bits per heavy atom. The molecule has 15 unspecified atom stereocenters. The number of cyclic esters (lactones) is 1. The smallest absolute Gasteiger partial charge is 0.329 e. The van der Waals surface area contributed by atoms with Crippen molar-refractivity contribution >= 4 is 35.2 Å². The summed E-state index contributed by atoms with van der Waals surface area (Å²) >= 11 is 0. The number of hydrogen-bond donors (Lipinski definition) is 2. The van der Waals surface area contributed by atoms with Gasteiger partial charge in [0.1, 0.15) is 41.7 Å². The third kappa shape index (κ3) is 18.0. The van der Waals surface area contributed by atoms with E-state index in [2.05, 4.69) is 0 Å². The van der Waals surface area contributed by atoms with E-state index in [1.54, 1.807) is 61.8 Å². The summed E-state index contributed by atoms with van der Waals surface area (Å²) in [7, 11) is 4.49. The van der Waals surface area contributed by atoms with Gasteiger partial charge in [-0.15, -0.1) is 0 Å². The summed E-state index contributed by atoms with van der Waals surface area (Å²) in [4.78, 5) is 86.3. The second-order valence-corrected chi connectivity index (χ2v) is 23.7. The average molecular weight is 1090 g/mol. The number of piperidine rings is 1. The highest BCUT2D eigenvalue weighted by molar-refractivity contribution is 6.39. The molecule has 436 valence electrons. The number of aliphatic hydroxyl groups is 2. The van der Waals surface area contributed by atoms with Crippen LogP contribution in [-0.4, -0.2) is 152 Å². The van der Waals surface area contributed by atoms with Gasteiger partial charge in [-0.1, -0.05) is 78.0 Å². The Labute approximate surface area is 459 Å². The highest BCUT2D eigenvalue weighted by Gasteiger charge is 2.53. The van der Waals surface area contributed by atoms with Crippen molar-refractivity contribution in [1.29, 1.82) is 0 Å². The van der Waals surface area contributed by atoms with Crippen LogP contribution in [0.4, 0.5) is 0 Å². The van der Waals surface area contributed by atoms with Crippen LogP contribution < -0.4 is 0 Å². The maximum atomic E-state index is 14.6. The van der Waals surface area contributed by atoms with Crippen LogP contribution >= 0.6 is 0 Å². The number of Topliss-reactive ketones (excluding diaryl/α,β-unsaturated/α-hetero) is 3. The molecule has 4 heterocycles. The van der Waals surface area contributed by atoms with E-state index >= 15 is 0 Å². The maximum absolute atomic E-state index is 14.6. The molecule has 77 heavy (non-hydrogen) atoms. The highest BCUT2D eigenvalue weighted by Crippen LogP contribution is 2.38. The fraction of sp³-hybridized carbons (Fsp3) is 0.767. The van der Waals surface area contributed by atoms with Gasteiger partial charge in [-0.05, 0) is 128 Å². The zero-order chi connectivity index (χ0) is 57.6. The Kier molecular flexibility index (Phi) is 25.1. The molecule has 4 aliphatic heterocycles. The molecule has 0 aliphatic carbocycles. The van der Waals surface area contributed by atoms with Crippen LogP contribution in [0, 0.1) is 40.9 Å². The number of carbonyl (C=O) groups is 6. The summed E-state index contributed by atoms with van der Waals surface area (Å²) in [5.74, 6) is -9.77. The molecule has 3 saturated heterocycles. The first-order valence-electron chi connectivity index (χ1n) is 28.1. The van der Waals surface area contributed by atoms with Gasteiger partial charge in [0.2, 0.25) is 5.79 Å². The van der Waals surface area contributed by atoms with E-state index in [1.807, 2.05) is 71.9 Å². The SMILES string of the molecule is COC1CC2CCC(C)C(O)(O2)C(=O)C(=O)N2CCCCC2C(=O)OC(C(C)CC(C)CCC(OC(=O)C2(C)COC(C)(C)OC2)C(C)OC)CC(=O)C(C)/C=C(\C)C(O)C(OC)C(=O)C(C)CC(C)/C=C/C=CC=C1C. The van der Waals surface area contributed by atoms with Gasteiger partial charge in [0.15, 0.2) is 11.6 Å². The van der Waals surface area contributed by atoms with Gasteiger partial charge in [0.05, 0.1) is 31.5 Å². The predicted molar refractivity (Wildman–Crippen MR) is 290 cm³/mol. The van der Waals surface area contributed by atoms with Gasteiger partial charge >= 0.3 is 11.9 Å². The van der Waals surface area contributed by atoms with Crippen LogP contribution in [0.25, 0.3) is 0 Å². The first kappa shape index (κ1) is 65.6. The Bertz CT molecular complexity index is 2120. The summed E-state index contributed by atoms with van der Waals surface area (Å²) in [5, 5.41) is 23.6. The molecule has 17 nitrogen and oxygen atoms in total. The standard InChI is InChI=1S/C60H95NO16/c1-36-21-17-16-18-22-38(3)49(71-14)32-45-26-25-43(8)60(69,77-45)54(65)55(66)61-28-20-19-23-46(61)56(67)75-50(33-47(62)39(4)31-42(7)52(64)53(72-15)51(63)41(6)30-36)40(5)29-37(2)24-27-48(44(9)70-13)76-57(68)59(12)34-73-58(10,11)74-35-59/h16-18,21-22,31,36-37,39-41,43-46,48-50,52-53,64,69H,19-20,23-30,32-35H2,1-15H3/b18-16?,21-17+,38-22?,42-31+. The van der Waals surface area contributed by atoms with E-state index in [0.717, 1.165) is 5.57 Å². The number of ether oxygens (including phenoxy) is 8. The number of amides is 1. The van der Waals surface area contributed by atoms with Crippen LogP contribution in [0.2, 0.25) is 0 Å². The molecular formula is C60H95NO16. The second-order valence-electron chi connectivity index (χ2n) is 23.7. The molecule has 2 bridgehead atoms. The van der Waals surface area contributed by atoms with E-state index in [9.17, 15) is 39.0 Å². The molecule has 1 amide bonds. The summed E-state index contributed by atoms with van der Waals surface area (Å²) in [6.07, 6.45) is 9.68. The Morgan fingerprint density at radius 1 is 0.857 bits per heavy atom. The molecule has 4 aliphatic rings. The number of carbonyl (C=O) groups excluding carboxylic acids is 6. The summed E-state index contributed by atoms with van der Waals surface area (Å²) in [6.45, 7) is 22.1. The van der Waals surface area contributed by atoms with E-state index in [4.69, 9.17) is 37.9 Å². The van der Waals surface area contributed by atoms with Crippen LogP contribution in [0.3, 0.4) is 0 Å². The van der Waals surface area contributed by atoms with E-state index < -0.39 is 113 Å². The van der Waals surface area contributed by atoms with Gasteiger partial charge in [0, 0.05) is 58.5 Å². The molecular weight excluding hydrogens is 991 g/mol. The number of fused-ring (bicyclic) bond motifs is 3. The zero-order valence-electron chi connectivity index (χ0n) is 49.0. The van der Waals surface area contributed by atoms with Crippen molar-refractivity contribution in [1.82, 2.24) is 4.90 Å². The fourth-order valence-electron chi connectivity index (χ4n) is 10.8. The number of hydrogen-bond acceptors (Lipinski definition) is 16. The second kappa shape index (κ2) is 29.5. The van der Waals surface area contributed by atoms with Crippen molar-refractivity contribution in [2.45, 2.75) is 214 Å². The van der Waals surface area contributed by atoms with E-state index in [0.29, 0.717) is 63.4 Å². The molecule has 4 rings (SSSR count). The van der Waals surface area contributed by atoms with Crippen molar-refractivity contribution < 1.29 is 76.9 Å². The number of rotatable bonds is 12. The molecule has 15 atom stereocenters. The minimum atomic E-state index is -2.46. The van der Waals surface area contributed by atoms with Crippen molar-refractivity contribution in [2.24, 2.45) is 40.9 Å². The monoisotopic (exact) mass is 1090 g/mol. The molecule has 0 aromatic rings. The van der Waals surface area contributed by atoms with Gasteiger partial charge in [-0.25, -0.2) is 4.79 Å². The molecule has 0 spiro atoms. The number of aliphatic hydroxyl groups excluding tert-OH is 1. The molecule has 2 N–H and O–H groups in total. The first-order valence-corrected chi connectivity index (χ1v) is 28.1. The van der Waals surface area contributed by atoms with E-state index in [-0.39, 0.29) is 56.0 Å². The van der Waals surface area contributed by atoms with Crippen LogP contribution in [0.15, 0.2) is 47.6 Å². The van der Waals surface area contributed by atoms with Crippen molar-refractivity contribution in [3.63, 3.8) is 0 Å². The largest absolute Gasteiger partial charge is 0.460 e. The Hall–Kier alpha value is -3.94. The number of esters is 2. The first-order chi connectivity index (χ1) is 36.1. The maximum Gasteiger partial charge on any atom is 0.329 e. The average Bonchev–Trinajstić information content (AvgIpc) is 3.39. The molecule has 17 heteroatoms. The third-order valence-electron chi connectivity index (χ3n) is 16.4. The molecule has 0 radical (unpaired) electrons. The lowest BCUT2D eigenvalue weighted by molar-refractivity contribution is -0.283. The number of ketones is 3. The lowest BCUT2D eigenvalue weighted by atomic mass is 9.85. The summed E-state index contributed by atoms with van der Waals surface area (Å²) in [6, 6.07) is -1.19. The van der Waals surface area contributed by atoms with Gasteiger partial charge in [0.25, 0.3) is 11.7 Å². The molecule has 0 aromatic carbocycles. The lowest BCUT2D eigenvalue weighted by Gasteiger charge is -2.42. The number of methoxy groups -OCH3 is 3. The van der Waals surface area contributed by atoms with Crippen LogP contribution in [0.5, 0.6) is 0 Å². The number of allylic oxidation sites excluding steroid dienone is 6. The van der Waals surface area contributed by atoms with Crippen molar-refractivity contribution in [3.8, 4) is 0 Å². The molecule has 3 fully saturated rings. The normalized spacial score (nSPS) is 34.6. The van der Waals surface area contributed by atoms with Gasteiger partial charge in [-0.2, -0.15) is 0 Å². The van der Waals surface area contributed by atoms with Gasteiger partial charge < -0.3 is 53.0 Å². The Morgan fingerprint density at radius 2 is 1.53 bits per heavy atom. The molecule has 0 saturated carbocycles. The van der Waals surface area contributed by atoms with Crippen molar-refractivity contribution in [2.75, 3.05) is 41.1 Å². The van der Waals surface area contributed by atoms with E-state index in [1.165, 1.54) is 12.0 Å². The minimum Gasteiger partial charge on any atom is -0.460 e. The zero-order valence-corrected chi connectivity index (χ0v) is 49.0. The van der Waals surface area contributed by atoms with Gasteiger partial charge in [-0.3, -0.25) is 24.0 Å². The van der Waals surface area contributed by atoms with Crippen molar-refractivity contribution in [3.05, 3.63) is 47.6 Å². The number of nitrogens with zero attached hydrogens (tertiary/aromatic N) is 1. The topological polar surface area (TPSA) is 220 Å². The summed E-state index contributed by atoms with van der Waals surface area (Å²) < 4.78 is 47.3. The highest BCUT2D eigenvalue weighted by atomic mass is 16.7. The lowest BCUT2D eigenvalue weighted by Crippen LogP contribution is -2.61. The minimum absolute atomic E-state index is 0.00152. The predicted octanol–water partition coefficient (Wildman–Crippen LogP) is 8.16. The van der Waals surface area contributed by atoms with Crippen LogP contribution in [-0.2, 0) is 66.7 Å². The molecule has 0 aromatic heterocycles. The fourth-order valence-corrected chi connectivity index (χ4v) is 10.8. The quantitative estimate of drug-likeness (QED) is 0.107. The Balaban J connectivity index is 1.67.